The Bertz CT molecular complexity index is 688. The lowest BCUT2D eigenvalue weighted by molar-refractivity contribution is -0.461. The van der Waals surface area contributed by atoms with E-state index in [1.165, 1.54) is 6.92 Å². The van der Waals surface area contributed by atoms with Gasteiger partial charge in [0, 0.05) is 0 Å². The van der Waals surface area contributed by atoms with Crippen molar-refractivity contribution in [2.24, 2.45) is 0 Å². The summed E-state index contributed by atoms with van der Waals surface area (Å²) in [5, 5.41) is 0. The largest absolute Gasteiger partial charge is 0.498 e. The van der Waals surface area contributed by atoms with Crippen molar-refractivity contribution in [3.05, 3.63) is 11.8 Å². The highest BCUT2D eigenvalue weighted by Gasteiger charge is 2.95. The van der Waals surface area contributed by atoms with Crippen molar-refractivity contribution in [2.75, 3.05) is 6.61 Å². The molecule has 0 rings (SSSR count). The minimum Gasteiger partial charge on any atom is -0.498 e. The molecule has 0 heterocycles. The van der Waals surface area contributed by atoms with Gasteiger partial charge in [0.2, 0.25) is 0 Å². The van der Waals surface area contributed by atoms with E-state index >= 15 is 0 Å². The molecule has 0 radical (unpaired) electrons. The van der Waals surface area contributed by atoms with Gasteiger partial charge < -0.3 is 4.74 Å². The van der Waals surface area contributed by atoms with E-state index < -0.39 is 60.7 Å². The Morgan fingerprint density at radius 1 is 0.562 bits per heavy atom. The van der Waals surface area contributed by atoms with Crippen LogP contribution in [-0.4, -0.2) is 54.2 Å². The van der Waals surface area contributed by atoms with E-state index in [2.05, 4.69) is 4.74 Å². The third-order valence-corrected chi connectivity index (χ3v) is 3.94. The van der Waals surface area contributed by atoms with Crippen LogP contribution in [0.4, 0.5) is 74.6 Å². The summed E-state index contributed by atoms with van der Waals surface area (Å²) < 4.78 is 225. The average molecular weight is 518 g/mol. The maximum Gasteiger partial charge on any atom is 0.460 e. The second-order valence-electron chi connectivity index (χ2n) is 6.15. The van der Waals surface area contributed by atoms with Crippen LogP contribution in [0.3, 0.4) is 0 Å². The molecule has 0 saturated carbocycles. The number of hydrogen-bond acceptors (Lipinski definition) is 1. The summed E-state index contributed by atoms with van der Waals surface area (Å²) in [6, 6.07) is 0. The monoisotopic (exact) mass is 518 g/mol. The Labute approximate surface area is 167 Å². The molecule has 0 aliphatic heterocycles. The summed E-state index contributed by atoms with van der Waals surface area (Å²) in [6.07, 6.45) is -9.38. The van der Waals surface area contributed by atoms with Crippen LogP contribution < -0.4 is 0 Å². The zero-order valence-electron chi connectivity index (χ0n) is 15.3. The van der Waals surface area contributed by atoms with E-state index in [4.69, 9.17) is 0 Å². The number of hydrogen-bond donors (Lipinski definition) is 0. The molecule has 0 aromatic rings. The topological polar surface area (TPSA) is 9.23 Å². The van der Waals surface area contributed by atoms with Gasteiger partial charge >= 0.3 is 47.6 Å². The number of ether oxygens (including phenoxy) is 1. The Morgan fingerprint density at radius 2 is 0.875 bits per heavy atom. The zero-order chi connectivity index (χ0) is 26.4. The highest BCUT2D eigenvalue weighted by molar-refractivity contribution is 5.15. The molecule has 0 amide bonds. The van der Waals surface area contributed by atoms with Gasteiger partial charge in [0.1, 0.15) is 0 Å². The number of halogens is 17. The molecule has 0 aliphatic carbocycles. The zero-order valence-corrected chi connectivity index (χ0v) is 15.3. The van der Waals surface area contributed by atoms with Crippen molar-refractivity contribution in [2.45, 2.75) is 67.9 Å². The molecule has 0 aliphatic rings. The molecule has 0 bridgehead atoms. The minimum absolute atomic E-state index is 0.304. The third kappa shape index (κ3) is 4.28. The molecule has 0 fully saturated rings. The molecule has 0 aromatic carbocycles. The molecule has 0 N–H and O–H groups in total. The summed E-state index contributed by atoms with van der Waals surface area (Å²) >= 11 is 0. The predicted octanol–water partition coefficient (Wildman–Crippen LogP) is 7.33. The van der Waals surface area contributed by atoms with Crippen LogP contribution in [0.1, 0.15) is 20.3 Å². The van der Waals surface area contributed by atoms with Gasteiger partial charge in [0.25, 0.3) is 0 Å². The molecule has 0 saturated heterocycles. The number of alkyl halides is 17. The summed E-state index contributed by atoms with van der Waals surface area (Å²) in [7, 11) is 0. The smallest absolute Gasteiger partial charge is 0.460 e. The quantitative estimate of drug-likeness (QED) is 0.218. The Balaban J connectivity index is 6.41. The maximum atomic E-state index is 13.5. The lowest BCUT2D eigenvalue weighted by atomic mass is 9.88. The van der Waals surface area contributed by atoms with Gasteiger partial charge in [-0.2, -0.15) is 74.6 Å². The van der Waals surface area contributed by atoms with Gasteiger partial charge in [0.05, 0.1) is 18.8 Å². The normalized spacial score (nSPS) is 16.4. The summed E-state index contributed by atoms with van der Waals surface area (Å²) in [4.78, 5) is 0. The first-order valence-corrected chi connectivity index (χ1v) is 7.68. The van der Waals surface area contributed by atoms with Crippen LogP contribution in [0.25, 0.3) is 0 Å². The summed E-state index contributed by atoms with van der Waals surface area (Å²) in [5.74, 6) is -56.5. The van der Waals surface area contributed by atoms with Crippen LogP contribution in [0.2, 0.25) is 0 Å². The summed E-state index contributed by atoms with van der Waals surface area (Å²) in [6.45, 7) is 0.553. The lowest BCUT2D eigenvalue weighted by Crippen LogP contribution is -2.74. The molecule has 0 atom stereocenters. The van der Waals surface area contributed by atoms with Crippen LogP contribution in [0.5, 0.6) is 0 Å². The fourth-order valence-electron chi connectivity index (χ4n) is 1.78. The van der Waals surface area contributed by atoms with Crippen LogP contribution in [-0.2, 0) is 4.74 Å². The number of allylic oxidation sites excluding steroid dienone is 2. The SMILES string of the molecule is C/C=C(\C)OCCC(F)(F)C(F)(F)C(F)(F)C(F)(F)C(F)(F)C(F)(F)C(F)(F)C(F)(F)F. The van der Waals surface area contributed by atoms with E-state index in [0.717, 1.165) is 13.0 Å². The average Bonchev–Trinajstić information content (AvgIpc) is 2.59. The summed E-state index contributed by atoms with van der Waals surface area (Å²) in [5.41, 5.74) is 0. The second-order valence-corrected chi connectivity index (χ2v) is 6.15. The molecule has 0 spiro atoms. The van der Waals surface area contributed by atoms with Crippen molar-refractivity contribution in [1.82, 2.24) is 0 Å². The van der Waals surface area contributed by atoms with Crippen molar-refractivity contribution < 1.29 is 79.4 Å². The van der Waals surface area contributed by atoms with Gasteiger partial charge in [0.15, 0.2) is 0 Å². The van der Waals surface area contributed by atoms with Gasteiger partial charge in [-0.25, -0.2) is 0 Å². The Hall–Kier alpha value is -1.65. The van der Waals surface area contributed by atoms with Crippen molar-refractivity contribution in [3.8, 4) is 0 Å². The Kier molecular flexibility index (Phi) is 7.86. The number of rotatable bonds is 10. The van der Waals surface area contributed by atoms with Gasteiger partial charge in [-0.3, -0.25) is 0 Å². The van der Waals surface area contributed by atoms with E-state index in [0.29, 0.717) is 0 Å². The molecule has 192 valence electrons. The first-order chi connectivity index (χ1) is 13.7. The van der Waals surface area contributed by atoms with Gasteiger partial charge in [-0.1, -0.05) is 6.08 Å². The van der Waals surface area contributed by atoms with Gasteiger partial charge in [-0.15, -0.1) is 0 Å². The molecule has 0 unspecified atom stereocenters. The van der Waals surface area contributed by atoms with Crippen molar-refractivity contribution >= 4 is 0 Å². The molecular formula is C14H11F17O. The Morgan fingerprint density at radius 3 is 1.19 bits per heavy atom. The van der Waals surface area contributed by atoms with E-state index in [-0.39, 0.29) is 5.76 Å². The van der Waals surface area contributed by atoms with Crippen molar-refractivity contribution in [1.29, 1.82) is 0 Å². The van der Waals surface area contributed by atoms with Crippen LogP contribution >= 0.6 is 0 Å². The maximum absolute atomic E-state index is 13.5. The van der Waals surface area contributed by atoms with Crippen LogP contribution in [0, 0.1) is 0 Å². The van der Waals surface area contributed by atoms with E-state index in [1.54, 1.807) is 0 Å². The molecule has 0 aromatic heterocycles. The second kappa shape index (κ2) is 8.29. The fourth-order valence-corrected chi connectivity index (χ4v) is 1.78. The minimum atomic E-state index is -8.61. The van der Waals surface area contributed by atoms with E-state index in [1.807, 2.05) is 0 Å². The molecular weight excluding hydrogens is 507 g/mol. The van der Waals surface area contributed by atoms with Gasteiger partial charge in [-0.05, 0) is 13.8 Å². The standard InChI is InChI=1S/C14H11F17O/c1-3-6(2)32-5-4-7(15,16)8(17,18)9(19,20)10(21,22)11(23,24)12(25,26)13(27,28)14(29,30)31/h3H,4-5H2,1-2H3/b6-3+. The first kappa shape index (κ1) is 30.3. The first-order valence-electron chi connectivity index (χ1n) is 7.68. The van der Waals surface area contributed by atoms with Crippen molar-refractivity contribution in [3.63, 3.8) is 0 Å². The fraction of sp³-hybridized carbons (Fsp3) is 0.857. The molecule has 18 heteroatoms. The highest BCUT2D eigenvalue weighted by atomic mass is 19.4. The molecule has 1 nitrogen and oxygen atoms in total. The van der Waals surface area contributed by atoms with Crippen LogP contribution in [0.15, 0.2) is 11.8 Å². The third-order valence-electron chi connectivity index (χ3n) is 3.94. The lowest BCUT2D eigenvalue weighted by Gasteiger charge is -2.42. The predicted molar refractivity (Wildman–Crippen MR) is 70.7 cm³/mol. The molecule has 32 heavy (non-hydrogen) atoms. The highest BCUT2D eigenvalue weighted by Crippen LogP contribution is 2.64. The van der Waals surface area contributed by atoms with E-state index in [9.17, 15) is 74.6 Å².